The predicted molar refractivity (Wildman–Crippen MR) is 138 cm³/mol. The molecule has 160 valence electrons. The topological polar surface area (TPSA) is 0 Å². The Morgan fingerprint density at radius 1 is 0.710 bits per heavy atom. The van der Waals surface area contributed by atoms with Crippen LogP contribution in [-0.4, -0.2) is 5.43 Å². The van der Waals surface area contributed by atoms with Crippen molar-refractivity contribution in [3.8, 4) is 11.1 Å². The van der Waals surface area contributed by atoms with Crippen molar-refractivity contribution in [3.63, 3.8) is 0 Å². The molecule has 0 radical (unpaired) electrons. The first-order valence-corrected chi connectivity index (χ1v) is 17.2. The summed E-state index contributed by atoms with van der Waals surface area (Å²) in [5, 5.41) is 2.68. The molecule has 0 saturated heterocycles. The summed E-state index contributed by atoms with van der Waals surface area (Å²) < 4.78 is 0. The van der Waals surface area contributed by atoms with Crippen molar-refractivity contribution in [1.29, 1.82) is 0 Å². The van der Waals surface area contributed by atoms with Gasteiger partial charge in [0.1, 0.15) is 0 Å². The first kappa shape index (κ1) is 25.8. The van der Waals surface area contributed by atoms with Gasteiger partial charge in [0.2, 0.25) is 0 Å². The van der Waals surface area contributed by atoms with Gasteiger partial charge in [-0.25, -0.2) is 0 Å². The van der Waals surface area contributed by atoms with Crippen LogP contribution in [0.5, 0.6) is 0 Å². The summed E-state index contributed by atoms with van der Waals surface area (Å²) in [6.45, 7) is 19.9. The molecule has 0 spiro atoms. The summed E-state index contributed by atoms with van der Waals surface area (Å²) in [6, 6.07) is 19.7. The van der Waals surface area contributed by atoms with Gasteiger partial charge in [0.05, 0.1) is 0 Å². The molecule has 0 bridgehead atoms. The SMILES string of the molecule is C[Si](C)=[Zr+2].Cc1[cH-]c(C)c(C)c1C.Cc1ccc(C)c(-c2c[cH-]c3ccccc23)c1C. The first-order chi connectivity index (χ1) is 14.5. The largest absolute Gasteiger partial charge is 0.196 e. The molecule has 0 fully saturated rings. The number of aryl methyl sites for hydroxylation is 4. The van der Waals surface area contributed by atoms with Crippen LogP contribution in [0.4, 0.5) is 0 Å². The van der Waals surface area contributed by atoms with Crippen molar-refractivity contribution >= 4 is 16.2 Å². The molecule has 4 aromatic rings. The van der Waals surface area contributed by atoms with Gasteiger partial charge >= 0.3 is 41.9 Å². The molecular weight excluding hydrogens is 468 g/mol. The Bertz CT molecular complexity index is 1160. The van der Waals surface area contributed by atoms with Crippen molar-refractivity contribution in [3.05, 3.63) is 93.5 Å². The first-order valence-electron chi connectivity index (χ1n) is 11.0. The van der Waals surface area contributed by atoms with Crippen LogP contribution in [0.3, 0.4) is 0 Å². The van der Waals surface area contributed by atoms with E-state index in [1.807, 2.05) is 0 Å². The van der Waals surface area contributed by atoms with Gasteiger partial charge in [-0.3, -0.25) is 0 Å². The van der Waals surface area contributed by atoms with Crippen LogP contribution in [0, 0.1) is 48.5 Å². The molecule has 0 heterocycles. The normalized spacial score (nSPS) is 10.3. The molecule has 0 nitrogen and oxygen atoms in total. The summed E-state index contributed by atoms with van der Waals surface area (Å²) in [7, 11) is 0. The van der Waals surface area contributed by atoms with Crippen molar-refractivity contribution in [2.24, 2.45) is 0 Å². The van der Waals surface area contributed by atoms with Crippen LogP contribution >= 0.6 is 0 Å². The van der Waals surface area contributed by atoms with E-state index < -0.39 is 0 Å². The maximum atomic E-state index is 2.31. The third kappa shape index (κ3) is 6.50. The van der Waals surface area contributed by atoms with Gasteiger partial charge in [-0.05, 0) is 26.3 Å². The second-order valence-corrected chi connectivity index (χ2v) is 18.2. The Kier molecular flexibility index (Phi) is 9.46. The van der Waals surface area contributed by atoms with Gasteiger partial charge in [-0.1, -0.05) is 62.6 Å². The van der Waals surface area contributed by atoms with E-state index in [4.69, 9.17) is 0 Å². The monoisotopic (exact) mass is 502 g/mol. The summed E-state index contributed by atoms with van der Waals surface area (Å²) >= 11 is 1.74. The van der Waals surface area contributed by atoms with Crippen molar-refractivity contribution in [2.45, 2.75) is 61.6 Å². The zero-order valence-corrected chi connectivity index (χ0v) is 24.2. The molecule has 0 aliphatic rings. The van der Waals surface area contributed by atoms with Crippen molar-refractivity contribution in [2.75, 3.05) is 0 Å². The van der Waals surface area contributed by atoms with Crippen LogP contribution < -0.4 is 0 Å². The zero-order chi connectivity index (χ0) is 23.3. The van der Waals surface area contributed by atoms with Crippen LogP contribution in [0.2, 0.25) is 13.1 Å². The Hall–Kier alpha value is -1.50. The second kappa shape index (κ2) is 11.4. The minimum atomic E-state index is 0.210. The van der Waals surface area contributed by atoms with E-state index >= 15 is 0 Å². The molecule has 0 N–H and O–H groups in total. The molecular formula is C29H36SiZr. The Morgan fingerprint density at radius 2 is 1.23 bits per heavy atom. The molecule has 0 aromatic heterocycles. The maximum absolute atomic E-state index is 2.31. The van der Waals surface area contributed by atoms with E-state index in [1.165, 1.54) is 60.8 Å². The van der Waals surface area contributed by atoms with Gasteiger partial charge in [0, 0.05) is 0 Å². The van der Waals surface area contributed by atoms with Crippen LogP contribution in [0.1, 0.15) is 38.9 Å². The van der Waals surface area contributed by atoms with Crippen LogP contribution in [-0.2, 0) is 23.3 Å². The molecule has 0 amide bonds. The molecule has 2 heteroatoms. The Balaban J connectivity index is 0.000000220. The van der Waals surface area contributed by atoms with Gasteiger partial charge in [0.25, 0.3) is 0 Å². The molecule has 0 atom stereocenters. The van der Waals surface area contributed by atoms with E-state index in [2.05, 4.69) is 116 Å². The van der Waals surface area contributed by atoms with Gasteiger partial charge in [-0.15, -0.1) is 46.7 Å². The number of fused-ring (bicyclic) bond motifs is 1. The van der Waals surface area contributed by atoms with Crippen LogP contribution in [0.15, 0.2) is 54.6 Å². The number of rotatable bonds is 1. The van der Waals surface area contributed by atoms with E-state index in [1.54, 1.807) is 23.3 Å². The van der Waals surface area contributed by atoms with Crippen molar-refractivity contribution < 1.29 is 23.3 Å². The molecule has 31 heavy (non-hydrogen) atoms. The quantitative estimate of drug-likeness (QED) is 0.180. The Morgan fingerprint density at radius 3 is 1.74 bits per heavy atom. The molecule has 4 aromatic carbocycles. The fourth-order valence-electron chi connectivity index (χ4n) is 3.87. The fraction of sp³-hybridized carbons (Fsp3) is 0.310. The van der Waals surface area contributed by atoms with E-state index in [0.29, 0.717) is 0 Å². The minimum Gasteiger partial charge on any atom is -0.196 e. The van der Waals surface area contributed by atoms with E-state index in [-0.39, 0.29) is 5.43 Å². The van der Waals surface area contributed by atoms with Gasteiger partial charge in [-0.2, -0.15) is 28.3 Å². The molecule has 0 saturated carbocycles. The summed E-state index contributed by atoms with van der Waals surface area (Å²) in [5.74, 6) is 0. The Labute approximate surface area is 204 Å². The van der Waals surface area contributed by atoms with E-state index in [0.717, 1.165) is 0 Å². The molecule has 0 unspecified atom stereocenters. The predicted octanol–water partition coefficient (Wildman–Crippen LogP) is 8.57. The second-order valence-electron chi connectivity index (χ2n) is 8.79. The minimum absolute atomic E-state index is 0.210. The van der Waals surface area contributed by atoms with Gasteiger partial charge in [0.15, 0.2) is 0 Å². The number of hydrogen-bond acceptors (Lipinski definition) is 0. The zero-order valence-electron chi connectivity index (χ0n) is 20.7. The maximum Gasteiger partial charge on any atom is -0.0395 e. The molecule has 0 aliphatic carbocycles. The third-order valence-electron chi connectivity index (χ3n) is 6.07. The van der Waals surface area contributed by atoms with Crippen LogP contribution in [0.25, 0.3) is 21.9 Å². The average Bonchev–Trinajstić information content (AvgIpc) is 3.22. The smallest absolute Gasteiger partial charge is 0.0395 e. The summed E-state index contributed by atoms with van der Waals surface area (Å²) in [5.41, 5.74) is 12.8. The number of benzene rings is 2. The summed E-state index contributed by atoms with van der Waals surface area (Å²) in [6.07, 6.45) is 0. The summed E-state index contributed by atoms with van der Waals surface area (Å²) in [4.78, 5) is 0. The van der Waals surface area contributed by atoms with Gasteiger partial charge < -0.3 is 0 Å². The van der Waals surface area contributed by atoms with Crippen molar-refractivity contribution in [1.82, 2.24) is 0 Å². The molecule has 4 rings (SSSR count). The van der Waals surface area contributed by atoms with E-state index in [9.17, 15) is 0 Å². The fourth-order valence-corrected chi connectivity index (χ4v) is 3.87. The standard InChI is InChI=1S/C18H17.C9H13.C2H6Si.Zr/c1-12-8-9-13(2)18(14(12)3)17-11-10-15-6-4-5-7-16(15)17;1-6-5-7(2)9(4)8(6)3;1-3-2;/h4-11H,1-3H3;5H,1-4H3;1-2H3;/q2*-1;;+2. The number of hydrogen-bond donors (Lipinski definition) is 0. The average molecular weight is 504 g/mol. The third-order valence-corrected chi connectivity index (χ3v) is 6.07. The molecule has 0 aliphatic heterocycles.